The molecule has 0 aliphatic heterocycles. The smallest absolute Gasteiger partial charge is 0.306 e. The summed E-state index contributed by atoms with van der Waals surface area (Å²) in [5, 5.41) is 11.4. The second-order valence-corrected chi connectivity index (χ2v) is 4.33. The van der Waals surface area contributed by atoms with Crippen molar-refractivity contribution in [2.45, 2.75) is 37.8 Å². The fourth-order valence-electron chi connectivity index (χ4n) is 1.95. The number of rotatable bonds is 5. The van der Waals surface area contributed by atoms with Gasteiger partial charge in [-0.2, -0.15) is 0 Å². The van der Waals surface area contributed by atoms with E-state index in [1.807, 2.05) is 0 Å². The average Bonchev–Trinajstić information content (AvgIpc) is 2.65. The molecular formula is C10H17N3O4. The Morgan fingerprint density at radius 2 is 2.00 bits per heavy atom. The number of nitrogens with one attached hydrogen (secondary N) is 1. The summed E-state index contributed by atoms with van der Waals surface area (Å²) in [6.45, 7) is 0. The molecule has 96 valence electrons. The zero-order valence-corrected chi connectivity index (χ0v) is 9.39. The molecule has 7 nitrogen and oxygen atoms in total. The van der Waals surface area contributed by atoms with Gasteiger partial charge in [0.25, 0.3) is 0 Å². The molecular weight excluding hydrogens is 226 g/mol. The van der Waals surface area contributed by atoms with E-state index in [-0.39, 0.29) is 12.5 Å². The first-order chi connectivity index (χ1) is 7.90. The standard InChI is InChI=1S/C10H17N3O4/c11-7(4-8(12)14)9(15)13-6-2-1-5(3-6)10(16)17/h5-7H,1-4,11H2,(H2,12,14)(H,13,15)(H,16,17). The highest BCUT2D eigenvalue weighted by atomic mass is 16.4. The van der Waals surface area contributed by atoms with E-state index in [0.29, 0.717) is 19.3 Å². The van der Waals surface area contributed by atoms with Gasteiger partial charge in [-0.25, -0.2) is 0 Å². The van der Waals surface area contributed by atoms with Crippen molar-refractivity contribution in [2.75, 3.05) is 0 Å². The molecule has 0 spiro atoms. The molecule has 7 heteroatoms. The van der Waals surface area contributed by atoms with Crippen molar-refractivity contribution >= 4 is 17.8 Å². The Morgan fingerprint density at radius 3 is 2.47 bits per heavy atom. The van der Waals surface area contributed by atoms with E-state index < -0.39 is 29.7 Å². The Hall–Kier alpha value is -1.63. The summed E-state index contributed by atoms with van der Waals surface area (Å²) in [5.41, 5.74) is 10.4. The van der Waals surface area contributed by atoms with Gasteiger partial charge in [-0.3, -0.25) is 14.4 Å². The van der Waals surface area contributed by atoms with E-state index in [9.17, 15) is 14.4 Å². The maximum Gasteiger partial charge on any atom is 0.306 e. The summed E-state index contributed by atoms with van der Waals surface area (Å²) in [7, 11) is 0. The monoisotopic (exact) mass is 243 g/mol. The number of primary amides is 1. The summed E-state index contributed by atoms with van der Waals surface area (Å²) >= 11 is 0. The minimum atomic E-state index is -0.962. The molecule has 1 fully saturated rings. The molecule has 2 amide bonds. The lowest BCUT2D eigenvalue weighted by atomic mass is 10.1. The molecule has 1 aliphatic carbocycles. The van der Waals surface area contributed by atoms with Crippen LogP contribution in [0.3, 0.4) is 0 Å². The number of nitrogens with two attached hydrogens (primary N) is 2. The molecule has 17 heavy (non-hydrogen) atoms. The van der Waals surface area contributed by atoms with Crippen LogP contribution in [0.25, 0.3) is 0 Å². The fraction of sp³-hybridized carbons (Fsp3) is 0.700. The average molecular weight is 243 g/mol. The Balaban J connectivity index is 2.37. The minimum Gasteiger partial charge on any atom is -0.481 e. The van der Waals surface area contributed by atoms with Gasteiger partial charge in [-0.1, -0.05) is 0 Å². The zero-order chi connectivity index (χ0) is 13.0. The van der Waals surface area contributed by atoms with E-state index in [1.54, 1.807) is 0 Å². The second kappa shape index (κ2) is 5.62. The normalized spacial score (nSPS) is 25.2. The van der Waals surface area contributed by atoms with E-state index >= 15 is 0 Å². The lowest BCUT2D eigenvalue weighted by Gasteiger charge is -2.15. The van der Waals surface area contributed by atoms with Gasteiger partial charge >= 0.3 is 5.97 Å². The molecule has 0 bridgehead atoms. The van der Waals surface area contributed by atoms with E-state index in [4.69, 9.17) is 16.6 Å². The van der Waals surface area contributed by atoms with Crippen molar-refractivity contribution < 1.29 is 19.5 Å². The molecule has 1 rings (SSSR count). The van der Waals surface area contributed by atoms with Crippen molar-refractivity contribution in [1.82, 2.24) is 5.32 Å². The molecule has 1 aliphatic rings. The third-order valence-corrected chi connectivity index (χ3v) is 2.89. The highest BCUT2D eigenvalue weighted by Gasteiger charge is 2.31. The van der Waals surface area contributed by atoms with Gasteiger partial charge in [0.05, 0.1) is 18.4 Å². The van der Waals surface area contributed by atoms with Crippen LogP contribution in [0.4, 0.5) is 0 Å². The van der Waals surface area contributed by atoms with Crippen LogP contribution in [0.15, 0.2) is 0 Å². The Morgan fingerprint density at radius 1 is 1.35 bits per heavy atom. The first kappa shape index (κ1) is 13.4. The summed E-state index contributed by atoms with van der Waals surface area (Å²) < 4.78 is 0. The summed E-state index contributed by atoms with van der Waals surface area (Å²) in [6, 6.07) is -1.14. The van der Waals surface area contributed by atoms with Gasteiger partial charge < -0.3 is 21.9 Å². The summed E-state index contributed by atoms with van der Waals surface area (Å²) in [6.07, 6.45) is 1.36. The highest BCUT2D eigenvalue weighted by molar-refractivity contribution is 5.87. The fourth-order valence-corrected chi connectivity index (χ4v) is 1.95. The third kappa shape index (κ3) is 4.03. The van der Waals surface area contributed by atoms with Crippen LogP contribution in [0.1, 0.15) is 25.7 Å². The lowest BCUT2D eigenvalue weighted by molar-refractivity contribution is -0.141. The van der Waals surface area contributed by atoms with Crippen LogP contribution in [0.2, 0.25) is 0 Å². The Kier molecular flexibility index (Phi) is 4.45. The van der Waals surface area contributed by atoms with Crippen molar-refractivity contribution in [2.24, 2.45) is 17.4 Å². The topological polar surface area (TPSA) is 136 Å². The van der Waals surface area contributed by atoms with Crippen molar-refractivity contribution in [3.05, 3.63) is 0 Å². The Bertz CT molecular complexity index is 332. The van der Waals surface area contributed by atoms with Gasteiger partial charge in [0.15, 0.2) is 0 Å². The number of hydrogen-bond donors (Lipinski definition) is 4. The number of amides is 2. The minimum absolute atomic E-state index is 0.178. The van der Waals surface area contributed by atoms with Crippen LogP contribution in [0, 0.1) is 5.92 Å². The molecule has 0 aromatic carbocycles. The maximum absolute atomic E-state index is 11.5. The van der Waals surface area contributed by atoms with Gasteiger partial charge in [-0.15, -0.1) is 0 Å². The van der Waals surface area contributed by atoms with Gasteiger partial charge in [0.1, 0.15) is 0 Å². The van der Waals surface area contributed by atoms with E-state index in [2.05, 4.69) is 5.32 Å². The van der Waals surface area contributed by atoms with Crippen LogP contribution in [0.5, 0.6) is 0 Å². The number of carbonyl (C=O) groups excluding carboxylic acids is 2. The SMILES string of the molecule is NC(=O)CC(N)C(=O)NC1CCC(C(=O)O)C1. The van der Waals surface area contributed by atoms with Crippen molar-refractivity contribution in [3.63, 3.8) is 0 Å². The van der Waals surface area contributed by atoms with Crippen LogP contribution in [-0.2, 0) is 14.4 Å². The maximum atomic E-state index is 11.5. The molecule has 0 heterocycles. The lowest BCUT2D eigenvalue weighted by Crippen LogP contribution is -2.46. The van der Waals surface area contributed by atoms with Crippen LogP contribution >= 0.6 is 0 Å². The predicted molar refractivity (Wildman–Crippen MR) is 58.7 cm³/mol. The summed E-state index contributed by atoms with van der Waals surface area (Å²) in [5.74, 6) is -2.35. The molecule has 0 radical (unpaired) electrons. The van der Waals surface area contributed by atoms with Crippen molar-refractivity contribution in [3.8, 4) is 0 Å². The van der Waals surface area contributed by atoms with Gasteiger partial charge in [0.2, 0.25) is 11.8 Å². The van der Waals surface area contributed by atoms with Crippen molar-refractivity contribution in [1.29, 1.82) is 0 Å². The zero-order valence-electron chi connectivity index (χ0n) is 9.39. The molecule has 1 saturated carbocycles. The quantitative estimate of drug-likeness (QED) is 0.469. The van der Waals surface area contributed by atoms with Gasteiger partial charge in [-0.05, 0) is 19.3 Å². The highest BCUT2D eigenvalue weighted by Crippen LogP contribution is 2.25. The number of carboxylic acid groups (broad SMARTS) is 1. The summed E-state index contributed by atoms with van der Waals surface area (Å²) in [4.78, 5) is 32.8. The third-order valence-electron chi connectivity index (χ3n) is 2.89. The molecule has 0 saturated heterocycles. The number of carboxylic acids is 1. The van der Waals surface area contributed by atoms with E-state index in [0.717, 1.165) is 0 Å². The van der Waals surface area contributed by atoms with Gasteiger partial charge in [0, 0.05) is 6.04 Å². The Labute approximate surface area is 98.5 Å². The van der Waals surface area contributed by atoms with Crippen LogP contribution < -0.4 is 16.8 Å². The number of carbonyl (C=O) groups is 3. The number of hydrogen-bond acceptors (Lipinski definition) is 4. The largest absolute Gasteiger partial charge is 0.481 e. The molecule has 0 aromatic heterocycles. The first-order valence-corrected chi connectivity index (χ1v) is 5.47. The molecule has 3 unspecified atom stereocenters. The van der Waals surface area contributed by atoms with E-state index in [1.165, 1.54) is 0 Å². The molecule has 6 N–H and O–H groups in total. The second-order valence-electron chi connectivity index (χ2n) is 4.33. The molecule has 3 atom stereocenters. The predicted octanol–water partition coefficient (Wildman–Crippen LogP) is -1.44. The first-order valence-electron chi connectivity index (χ1n) is 5.47. The molecule has 0 aromatic rings. The van der Waals surface area contributed by atoms with Crippen LogP contribution in [-0.4, -0.2) is 35.0 Å². The number of aliphatic carboxylic acids is 1.